The quantitative estimate of drug-likeness (QED) is 0.336. The first kappa shape index (κ1) is 43.8. The summed E-state index contributed by atoms with van der Waals surface area (Å²) in [6.07, 6.45) is 11.5. The number of aromatic hydroxyl groups is 2. The van der Waals surface area contributed by atoms with Crippen LogP contribution in [0.15, 0.2) is 34.3 Å². The molecule has 1 aliphatic rings. The summed E-state index contributed by atoms with van der Waals surface area (Å²) in [5.74, 6) is -1.48. The van der Waals surface area contributed by atoms with Gasteiger partial charge in [0, 0.05) is 35.5 Å². The van der Waals surface area contributed by atoms with E-state index in [0.29, 0.717) is 11.5 Å². The minimum Gasteiger partial charge on any atom is -0.550 e. The van der Waals surface area contributed by atoms with Crippen LogP contribution >= 0.6 is 0 Å². The third-order valence-electron chi connectivity index (χ3n) is 7.29. The van der Waals surface area contributed by atoms with Gasteiger partial charge in [-0.1, -0.05) is 80.4 Å². The van der Waals surface area contributed by atoms with E-state index in [0.717, 1.165) is 87.5 Å². The molecule has 8 nitrogen and oxygen atoms in total. The molecule has 1 fully saturated rings. The number of carboxylic acid groups (broad SMARTS) is 2. The smallest absolute Gasteiger partial charge is 0.550 e. The number of phenols is 2. The van der Waals surface area contributed by atoms with Gasteiger partial charge in [0.25, 0.3) is 0 Å². The number of hydrogen-bond donors (Lipinski definition) is 2. The molecule has 47 heavy (non-hydrogen) atoms. The third kappa shape index (κ3) is 17.5. The molecule has 0 heterocycles. The molecular formula is C38H56CoN2O6. The number of carbonyl (C=O) groups is 2. The van der Waals surface area contributed by atoms with Gasteiger partial charge in [-0.3, -0.25) is 9.98 Å². The molecule has 0 bridgehead atoms. The van der Waals surface area contributed by atoms with E-state index in [9.17, 15) is 10.2 Å². The predicted molar refractivity (Wildman–Crippen MR) is 184 cm³/mol. The number of carboxylic acids is 2. The second-order valence-electron chi connectivity index (χ2n) is 14.5. The number of nitrogens with zero attached hydrogens (tertiary/aromatic N) is 2. The third-order valence-corrected chi connectivity index (χ3v) is 7.29. The molecule has 9 heteroatoms. The zero-order chi connectivity index (χ0) is 35.2. The Labute approximate surface area is 293 Å². The van der Waals surface area contributed by atoms with Crippen molar-refractivity contribution in [1.82, 2.24) is 0 Å². The fraction of sp³-hybridized carbons (Fsp3) is 0.579. The van der Waals surface area contributed by atoms with Crippen LogP contribution in [0.1, 0.15) is 128 Å². The Hall–Kier alpha value is -3.17. The molecule has 3 rings (SSSR count). The zero-order valence-electron chi connectivity index (χ0n) is 30.0. The van der Waals surface area contributed by atoms with Gasteiger partial charge in [0.05, 0.1) is 12.1 Å². The fourth-order valence-corrected chi connectivity index (χ4v) is 5.53. The van der Waals surface area contributed by atoms with Crippen LogP contribution < -0.4 is 10.2 Å². The van der Waals surface area contributed by atoms with E-state index in [4.69, 9.17) is 29.8 Å². The summed E-state index contributed by atoms with van der Waals surface area (Å²) in [4.78, 5) is 27.7. The summed E-state index contributed by atoms with van der Waals surface area (Å²) in [7, 11) is 0. The summed E-state index contributed by atoms with van der Waals surface area (Å²) in [6, 6.07) is 8.60. The standard InChI is InChI=1S/C34H50N2O2.2C2H4O2.Co/c1-9-25-15-23(19-33(3,4)5)17-27(31(25)37)21-35-29-13-11-12-14-30(29)36-22-28-18-24(20-34(6,7)8)16-26(10-2)32(28)38;2*1-2(3)4;/h15-18,21-22,29-30,37-38H,9-14,19-20H2,1-8H3;2*1H3,(H,3,4);/q;;;+2/p-2. The normalized spacial score (nSPS) is 16.5. The molecule has 2 unspecified atom stereocenters. The minimum atomic E-state index is -1.08. The molecule has 0 aromatic heterocycles. The second-order valence-corrected chi connectivity index (χ2v) is 14.5. The van der Waals surface area contributed by atoms with Crippen LogP contribution in [0, 0.1) is 10.8 Å². The predicted octanol–water partition coefficient (Wildman–Crippen LogP) is 5.76. The number of benzene rings is 2. The van der Waals surface area contributed by atoms with Gasteiger partial charge in [-0.25, -0.2) is 0 Å². The number of hydrogen-bond acceptors (Lipinski definition) is 8. The van der Waals surface area contributed by atoms with E-state index < -0.39 is 11.9 Å². The van der Waals surface area contributed by atoms with Gasteiger partial charge in [-0.05, 0) is 97.6 Å². The fourth-order valence-electron chi connectivity index (χ4n) is 5.53. The van der Waals surface area contributed by atoms with E-state index in [1.165, 1.54) is 11.1 Å². The van der Waals surface area contributed by atoms with Gasteiger partial charge in [0.2, 0.25) is 0 Å². The zero-order valence-corrected chi connectivity index (χ0v) is 31.1. The number of rotatable bonds is 8. The van der Waals surface area contributed by atoms with E-state index in [2.05, 4.69) is 79.7 Å². The Balaban J connectivity index is 0.00000211. The van der Waals surface area contributed by atoms with E-state index in [1.54, 1.807) is 0 Å². The maximum atomic E-state index is 10.9. The molecule has 1 saturated carbocycles. The number of aliphatic carboxylic acids is 2. The first-order valence-corrected chi connectivity index (χ1v) is 16.4. The first-order valence-electron chi connectivity index (χ1n) is 16.4. The molecule has 2 aromatic rings. The molecule has 0 saturated heterocycles. The van der Waals surface area contributed by atoms with Gasteiger partial charge in [-0.2, -0.15) is 0 Å². The summed E-state index contributed by atoms with van der Waals surface area (Å²) in [5.41, 5.74) is 6.38. The van der Waals surface area contributed by atoms with Gasteiger partial charge in [0.1, 0.15) is 11.5 Å². The van der Waals surface area contributed by atoms with E-state index in [1.807, 2.05) is 12.4 Å². The van der Waals surface area contributed by atoms with Gasteiger partial charge >= 0.3 is 16.8 Å². The SMILES string of the molecule is CC(=O)[O-].CC(=O)[O-].CCc1cc(CC(C)(C)C)cc(C=NC2CCCCC2N=Cc2cc(CC(C)(C)C)cc(CC)c2O)c1O.[Co+2]. The van der Waals surface area contributed by atoms with Gasteiger partial charge < -0.3 is 30.0 Å². The maximum Gasteiger partial charge on any atom is 2.00 e. The van der Waals surface area contributed by atoms with Crippen molar-refractivity contribution in [3.63, 3.8) is 0 Å². The van der Waals surface area contributed by atoms with E-state index >= 15 is 0 Å². The van der Waals surface area contributed by atoms with Gasteiger partial charge in [0.15, 0.2) is 0 Å². The Morgan fingerprint density at radius 3 is 1.28 bits per heavy atom. The monoisotopic (exact) mass is 695 g/mol. The molecule has 0 spiro atoms. The van der Waals surface area contributed by atoms with Crippen molar-refractivity contribution in [3.8, 4) is 11.5 Å². The first-order chi connectivity index (χ1) is 21.3. The summed E-state index contributed by atoms with van der Waals surface area (Å²) < 4.78 is 0. The van der Waals surface area contributed by atoms with Crippen LogP contribution in [0.3, 0.4) is 0 Å². The second kappa shape index (κ2) is 20.3. The minimum absolute atomic E-state index is 0. The molecule has 1 radical (unpaired) electrons. The molecule has 2 N–H and O–H groups in total. The Kier molecular flexibility index (Phi) is 18.9. The average Bonchev–Trinajstić information content (AvgIpc) is 2.91. The molecule has 0 aliphatic heterocycles. The number of phenolic OH excluding ortho intramolecular Hbond substituents is 2. The van der Waals surface area contributed by atoms with Crippen LogP contribution in [0.25, 0.3) is 0 Å². The van der Waals surface area contributed by atoms with E-state index in [-0.39, 0.29) is 39.7 Å². The molecule has 0 amide bonds. The summed E-state index contributed by atoms with van der Waals surface area (Å²) in [6.45, 7) is 19.5. The number of aliphatic imine (C=N–C) groups is 2. The molecule has 263 valence electrons. The number of aryl methyl sites for hydroxylation is 2. The largest absolute Gasteiger partial charge is 2.00 e. The molecular weight excluding hydrogens is 639 g/mol. The van der Waals surface area contributed by atoms with Crippen LogP contribution in [0.2, 0.25) is 0 Å². The molecule has 2 atom stereocenters. The van der Waals surface area contributed by atoms with Crippen molar-refractivity contribution in [2.45, 2.75) is 133 Å². The average molecular weight is 696 g/mol. The topological polar surface area (TPSA) is 145 Å². The van der Waals surface area contributed by atoms with Crippen LogP contribution in [0.5, 0.6) is 11.5 Å². The van der Waals surface area contributed by atoms with Crippen molar-refractivity contribution in [3.05, 3.63) is 57.6 Å². The Morgan fingerprint density at radius 2 is 1.02 bits per heavy atom. The van der Waals surface area contributed by atoms with Crippen molar-refractivity contribution in [2.75, 3.05) is 0 Å². The van der Waals surface area contributed by atoms with Crippen LogP contribution in [-0.4, -0.2) is 46.7 Å². The van der Waals surface area contributed by atoms with Crippen molar-refractivity contribution in [2.24, 2.45) is 20.8 Å². The maximum absolute atomic E-state index is 10.9. The molecule has 1 aliphatic carbocycles. The van der Waals surface area contributed by atoms with Crippen LogP contribution in [0.4, 0.5) is 0 Å². The van der Waals surface area contributed by atoms with Crippen molar-refractivity contribution >= 4 is 24.4 Å². The van der Waals surface area contributed by atoms with Crippen LogP contribution in [-0.2, 0) is 52.1 Å². The summed E-state index contributed by atoms with van der Waals surface area (Å²) in [5, 5.41) is 39.6. The van der Waals surface area contributed by atoms with Crippen molar-refractivity contribution < 1.29 is 46.8 Å². The Bertz CT molecular complexity index is 1240. The van der Waals surface area contributed by atoms with Crippen molar-refractivity contribution in [1.29, 1.82) is 0 Å². The molecule has 2 aromatic carbocycles. The van der Waals surface area contributed by atoms with Gasteiger partial charge in [-0.15, -0.1) is 0 Å². The summed E-state index contributed by atoms with van der Waals surface area (Å²) >= 11 is 0. The number of carbonyl (C=O) groups excluding carboxylic acids is 2. The Morgan fingerprint density at radius 1 is 0.723 bits per heavy atom.